The zero-order chi connectivity index (χ0) is 48.5. The van der Waals surface area contributed by atoms with Crippen LogP contribution in [-0.2, 0) is 52.1 Å². The normalized spacial score (nSPS) is 19.1. The average Bonchev–Trinajstić information content (AvgIpc) is 3.14. The molecule has 63 heavy (non-hydrogen) atoms. The Kier molecular flexibility index (Phi) is 18.8. The third-order valence-corrected chi connectivity index (χ3v) is 9.58. The van der Waals surface area contributed by atoms with Crippen LogP contribution in [0.2, 0.25) is 0 Å². The van der Waals surface area contributed by atoms with E-state index >= 15 is 0 Å². The highest BCUT2D eigenvalue weighted by atomic mass is 19.4. The van der Waals surface area contributed by atoms with Crippen LogP contribution in [0.4, 0.5) is 62.3 Å². The predicted octanol–water partition coefficient (Wildman–Crippen LogP) is 11.5. The molecule has 2 heterocycles. The van der Waals surface area contributed by atoms with Gasteiger partial charge in [-0.05, 0) is 115 Å². The van der Waals surface area contributed by atoms with Gasteiger partial charge in [-0.15, -0.1) is 0 Å². The van der Waals surface area contributed by atoms with E-state index in [9.17, 15) is 67.1 Å². The van der Waals surface area contributed by atoms with Gasteiger partial charge in [-0.3, -0.25) is 4.79 Å². The Balaban J connectivity index is 0.000000359. The second-order valence-corrected chi connectivity index (χ2v) is 17.1. The molecule has 4 rings (SSSR count). The van der Waals surface area contributed by atoms with Crippen LogP contribution in [0, 0.1) is 0 Å². The Bertz CT molecular complexity index is 1770. The van der Waals surface area contributed by atoms with Crippen LogP contribution in [0.25, 0.3) is 0 Å². The van der Waals surface area contributed by atoms with Crippen LogP contribution < -0.4 is 11.1 Å². The van der Waals surface area contributed by atoms with E-state index in [1.165, 1.54) is 0 Å². The van der Waals surface area contributed by atoms with Gasteiger partial charge in [0.1, 0.15) is 17.0 Å². The number of ether oxygens (including phenoxy) is 2. The summed E-state index contributed by atoms with van der Waals surface area (Å²) >= 11 is 0. The molecule has 9 nitrogen and oxygen atoms in total. The second-order valence-electron chi connectivity index (χ2n) is 17.1. The zero-order valence-electron chi connectivity index (χ0n) is 36.3. The lowest BCUT2D eigenvalue weighted by Crippen LogP contribution is -2.51. The molecule has 0 radical (unpaired) electrons. The average molecular weight is 925 g/mol. The van der Waals surface area contributed by atoms with Gasteiger partial charge < -0.3 is 30.3 Å². The molecule has 3 unspecified atom stereocenters. The maximum atomic E-state index is 13.0. The third-order valence-electron chi connectivity index (χ3n) is 9.58. The standard InChI is InChI=1S/C21H28F6N2O2.C12H21NO3.C9H7F6N/c1-5-17-11-16(6-7-29(17)18(30)31-19(2,3)4)28-12-13-8-14(20(22,23)24)10-15(9-13)21(25,26)27;1-5-9-8-10(14)6-7-13(9)11(15)16-12(2,3)4;10-8(11,12)6-1-5(4-16)2-7(3-6)9(13,14)15/h8-10,16-17,28H,5-7,11-12H2,1-4H3;9H,5-8H2,1-4H3;1-3H,4,16H2. The fourth-order valence-electron chi connectivity index (χ4n) is 6.53. The molecule has 0 spiro atoms. The Morgan fingerprint density at radius 1 is 0.635 bits per heavy atom. The molecule has 2 amide bonds. The highest BCUT2D eigenvalue weighted by Crippen LogP contribution is 2.38. The zero-order valence-corrected chi connectivity index (χ0v) is 36.3. The fourth-order valence-corrected chi connectivity index (χ4v) is 6.53. The van der Waals surface area contributed by atoms with Crippen LogP contribution in [0.3, 0.4) is 0 Å². The smallest absolute Gasteiger partial charge is 0.416 e. The molecule has 0 saturated carbocycles. The van der Waals surface area contributed by atoms with E-state index < -0.39 is 64.3 Å². The van der Waals surface area contributed by atoms with Gasteiger partial charge in [-0.1, -0.05) is 13.8 Å². The lowest BCUT2D eigenvalue weighted by atomic mass is 9.95. The van der Waals surface area contributed by atoms with E-state index in [-0.39, 0.29) is 66.4 Å². The number of nitrogens with zero attached hydrogens (tertiary/aromatic N) is 2. The van der Waals surface area contributed by atoms with Crippen LogP contribution >= 0.6 is 0 Å². The largest absolute Gasteiger partial charge is 0.444 e. The quantitative estimate of drug-likeness (QED) is 0.277. The number of amides is 2. The highest BCUT2D eigenvalue weighted by Gasteiger charge is 2.39. The molecular weight excluding hydrogens is 868 g/mol. The van der Waals surface area contributed by atoms with Crippen molar-refractivity contribution in [2.75, 3.05) is 13.1 Å². The van der Waals surface area contributed by atoms with Gasteiger partial charge >= 0.3 is 36.9 Å². The lowest BCUT2D eigenvalue weighted by Gasteiger charge is -2.40. The topological polar surface area (TPSA) is 114 Å². The van der Waals surface area contributed by atoms with Crippen molar-refractivity contribution in [3.05, 3.63) is 69.8 Å². The first-order valence-electron chi connectivity index (χ1n) is 20.1. The number of halogens is 12. The van der Waals surface area contributed by atoms with Gasteiger partial charge in [-0.25, -0.2) is 9.59 Å². The number of carbonyl (C=O) groups excluding carboxylic acids is 3. The van der Waals surface area contributed by atoms with Gasteiger partial charge in [-0.2, -0.15) is 52.7 Å². The minimum atomic E-state index is -4.87. The van der Waals surface area contributed by atoms with Crippen molar-refractivity contribution in [2.24, 2.45) is 5.73 Å². The first kappa shape index (κ1) is 54.9. The number of carbonyl (C=O) groups is 3. The number of nitrogens with one attached hydrogen (secondary N) is 1. The number of hydrogen-bond donors (Lipinski definition) is 2. The molecule has 0 bridgehead atoms. The minimum absolute atomic E-state index is 0.0103. The van der Waals surface area contributed by atoms with Crippen LogP contribution in [0.15, 0.2) is 36.4 Å². The second kappa shape index (κ2) is 21.6. The van der Waals surface area contributed by atoms with E-state index in [1.54, 1.807) is 30.6 Å². The maximum absolute atomic E-state index is 13.0. The number of likely N-dealkylation sites (tertiary alicyclic amines) is 2. The number of rotatable bonds is 6. The van der Waals surface area contributed by atoms with Crippen molar-refractivity contribution in [1.29, 1.82) is 0 Å². The fraction of sp³-hybridized carbons (Fsp3) is 0.643. The van der Waals surface area contributed by atoms with Crippen LogP contribution in [-0.4, -0.2) is 70.2 Å². The first-order chi connectivity index (χ1) is 28.6. The van der Waals surface area contributed by atoms with E-state index in [0.29, 0.717) is 57.3 Å². The summed E-state index contributed by atoms with van der Waals surface area (Å²) in [5, 5.41) is 3.05. The van der Waals surface area contributed by atoms with Crippen molar-refractivity contribution in [3.8, 4) is 0 Å². The van der Waals surface area contributed by atoms with Crippen molar-refractivity contribution < 1.29 is 76.5 Å². The summed E-state index contributed by atoms with van der Waals surface area (Å²) in [5.74, 6) is 0.242. The molecule has 0 aromatic heterocycles. The number of piperidine rings is 2. The molecule has 2 aromatic carbocycles. The summed E-state index contributed by atoms with van der Waals surface area (Å²) in [7, 11) is 0. The Hall–Kier alpha value is -4.27. The van der Waals surface area contributed by atoms with Crippen molar-refractivity contribution in [2.45, 2.75) is 161 Å². The minimum Gasteiger partial charge on any atom is -0.444 e. The molecule has 2 saturated heterocycles. The molecule has 21 heteroatoms. The number of ketones is 1. The predicted molar refractivity (Wildman–Crippen MR) is 209 cm³/mol. The van der Waals surface area contributed by atoms with Crippen molar-refractivity contribution in [3.63, 3.8) is 0 Å². The number of nitrogens with two attached hydrogens (primary N) is 1. The monoisotopic (exact) mass is 924 g/mol. The number of Topliss-reactive ketones (excluding diaryl/α,β-unsaturated/α-hetero) is 1. The molecule has 3 atom stereocenters. The van der Waals surface area contributed by atoms with Crippen molar-refractivity contribution >= 4 is 18.0 Å². The van der Waals surface area contributed by atoms with Gasteiger partial charge in [0.15, 0.2) is 0 Å². The molecule has 358 valence electrons. The maximum Gasteiger partial charge on any atom is 0.416 e. The SMILES string of the molecule is CCC1CC(=O)CCN1C(=O)OC(C)(C)C.CCC1CC(NCc2cc(C(F)(F)F)cc(C(F)(F)F)c2)CCN1C(=O)OC(C)(C)C.NCc1cc(C(F)(F)F)cc(C(F)(F)F)c1. The summed E-state index contributed by atoms with van der Waals surface area (Å²) < 4.78 is 162. The van der Waals surface area contributed by atoms with E-state index in [1.807, 2.05) is 34.6 Å². The summed E-state index contributed by atoms with van der Waals surface area (Å²) in [6.07, 6.45) is -16.7. The molecule has 2 aromatic rings. The van der Waals surface area contributed by atoms with E-state index in [4.69, 9.17) is 15.2 Å². The third kappa shape index (κ3) is 18.4. The van der Waals surface area contributed by atoms with Gasteiger partial charge in [0.05, 0.1) is 22.3 Å². The number of hydrogen-bond acceptors (Lipinski definition) is 7. The van der Waals surface area contributed by atoms with Gasteiger partial charge in [0.2, 0.25) is 0 Å². The van der Waals surface area contributed by atoms with Gasteiger partial charge in [0.25, 0.3) is 0 Å². The number of benzene rings is 2. The van der Waals surface area contributed by atoms with Gasteiger partial charge in [0, 0.05) is 57.1 Å². The molecule has 3 N–H and O–H groups in total. The van der Waals surface area contributed by atoms with E-state index in [2.05, 4.69) is 5.32 Å². The summed E-state index contributed by atoms with van der Waals surface area (Å²) in [6.45, 7) is 15.1. The highest BCUT2D eigenvalue weighted by molar-refractivity contribution is 5.82. The number of alkyl halides is 12. The molecule has 2 aliphatic heterocycles. The molecular formula is C42H56F12N4O5. The first-order valence-corrected chi connectivity index (χ1v) is 20.1. The summed E-state index contributed by atoms with van der Waals surface area (Å²) in [5.41, 5.74) is -1.72. The van der Waals surface area contributed by atoms with Crippen LogP contribution in [0.5, 0.6) is 0 Å². The summed E-state index contributed by atoms with van der Waals surface area (Å²) in [6, 6.07) is 2.60. The lowest BCUT2D eigenvalue weighted by molar-refractivity contribution is -0.144. The summed E-state index contributed by atoms with van der Waals surface area (Å²) in [4.78, 5) is 38.9. The molecule has 2 aliphatic rings. The molecule has 0 aliphatic carbocycles. The molecule has 2 fully saturated rings. The Morgan fingerprint density at radius 2 is 1.02 bits per heavy atom. The van der Waals surface area contributed by atoms with Crippen molar-refractivity contribution in [1.82, 2.24) is 15.1 Å². The van der Waals surface area contributed by atoms with E-state index in [0.717, 1.165) is 18.6 Å². The Morgan fingerprint density at radius 3 is 1.37 bits per heavy atom. The Labute approximate surface area is 359 Å². The van der Waals surface area contributed by atoms with Crippen LogP contribution in [0.1, 0.15) is 127 Å².